The smallest absolute Gasteiger partial charge is 0.244 e. The van der Waals surface area contributed by atoms with Crippen LogP contribution in [0, 0.1) is 0 Å². The number of amidine groups is 1. The van der Waals surface area contributed by atoms with Crippen molar-refractivity contribution in [3.05, 3.63) is 35.9 Å². The first-order valence-electron chi connectivity index (χ1n) is 13.7. The average molecular weight is 428 g/mol. The molecule has 0 amide bonds. The van der Waals surface area contributed by atoms with Gasteiger partial charge in [0.1, 0.15) is 19.6 Å². The predicted molar refractivity (Wildman–Crippen MR) is 137 cm³/mol. The average Bonchev–Trinajstić information content (AvgIpc) is 3.13. The molecule has 0 radical (unpaired) electrons. The molecule has 31 heavy (non-hydrogen) atoms. The maximum absolute atomic E-state index is 2.60. The minimum Gasteiger partial charge on any atom is -0.262 e. The number of rotatable bonds is 19. The summed E-state index contributed by atoms with van der Waals surface area (Å²) in [5.41, 5.74) is 1.42. The van der Waals surface area contributed by atoms with Gasteiger partial charge in [-0.2, -0.15) is 0 Å². The van der Waals surface area contributed by atoms with Crippen LogP contribution in [0.25, 0.3) is 0 Å². The summed E-state index contributed by atoms with van der Waals surface area (Å²) in [6.45, 7) is 9.30. The van der Waals surface area contributed by atoms with Crippen LogP contribution in [0.4, 0.5) is 0 Å². The molecule has 1 aliphatic heterocycles. The van der Waals surface area contributed by atoms with Crippen LogP contribution in [0.5, 0.6) is 0 Å². The molecule has 0 aromatic heterocycles. The summed E-state index contributed by atoms with van der Waals surface area (Å²) in [5, 5.41) is 0. The van der Waals surface area contributed by atoms with E-state index in [0.29, 0.717) is 0 Å². The van der Waals surface area contributed by atoms with Crippen molar-refractivity contribution in [3.63, 3.8) is 0 Å². The van der Waals surface area contributed by atoms with E-state index in [4.69, 9.17) is 0 Å². The zero-order valence-electron chi connectivity index (χ0n) is 20.9. The zero-order chi connectivity index (χ0) is 22.0. The fourth-order valence-electron chi connectivity index (χ4n) is 4.89. The molecule has 0 aliphatic carbocycles. The van der Waals surface area contributed by atoms with Crippen molar-refractivity contribution in [2.75, 3.05) is 19.6 Å². The Balaban J connectivity index is 1.37. The van der Waals surface area contributed by atoms with Gasteiger partial charge in [0.15, 0.2) is 0 Å². The van der Waals surface area contributed by atoms with Crippen molar-refractivity contribution < 1.29 is 4.58 Å². The molecule has 176 valence electrons. The third kappa shape index (κ3) is 11.8. The Morgan fingerprint density at radius 2 is 1.16 bits per heavy atom. The van der Waals surface area contributed by atoms with Crippen LogP contribution in [0.15, 0.2) is 30.3 Å². The lowest BCUT2D eigenvalue weighted by atomic mass is 10.0. The highest BCUT2D eigenvalue weighted by Gasteiger charge is 2.25. The number of nitrogens with zero attached hydrogens (tertiary/aromatic N) is 2. The Bertz CT molecular complexity index is 578. The molecule has 0 fully saturated rings. The molecule has 0 atom stereocenters. The monoisotopic (exact) mass is 427 g/mol. The molecular formula is C29H51N2+. The van der Waals surface area contributed by atoms with E-state index in [-0.39, 0.29) is 0 Å². The summed E-state index contributed by atoms with van der Waals surface area (Å²) in [6, 6.07) is 10.9. The molecule has 0 bridgehead atoms. The second-order valence-corrected chi connectivity index (χ2v) is 9.74. The van der Waals surface area contributed by atoms with E-state index in [9.17, 15) is 0 Å². The van der Waals surface area contributed by atoms with Gasteiger partial charge < -0.3 is 0 Å². The molecule has 2 nitrogen and oxygen atoms in total. The molecular weight excluding hydrogens is 376 g/mol. The molecule has 2 rings (SSSR count). The summed E-state index contributed by atoms with van der Waals surface area (Å²) < 4.78 is 2.54. The minimum atomic E-state index is 1.06. The summed E-state index contributed by atoms with van der Waals surface area (Å²) >= 11 is 0. The third-order valence-corrected chi connectivity index (χ3v) is 7.05. The van der Waals surface area contributed by atoms with E-state index in [0.717, 1.165) is 6.54 Å². The zero-order valence-corrected chi connectivity index (χ0v) is 20.9. The largest absolute Gasteiger partial charge is 0.262 e. The molecule has 1 aromatic rings. The van der Waals surface area contributed by atoms with Gasteiger partial charge in [0.2, 0.25) is 5.84 Å². The molecule has 1 aromatic carbocycles. The number of benzene rings is 1. The van der Waals surface area contributed by atoms with Crippen molar-refractivity contribution in [3.8, 4) is 0 Å². The highest BCUT2D eigenvalue weighted by Crippen LogP contribution is 2.14. The predicted octanol–water partition coefficient (Wildman–Crippen LogP) is 8.19. The van der Waals surface area contributed by atoms with Crippen LogP contribution in [0.2, 0.25) is 0 Å². The van der Waals surface area contributed by atoms with Gasteiger partial charge in [-0.25, -0.2) is 0 Å². The van der Waals surface area contributed by atoms with Crippen LogP contribution in [-0.4, -0.2) is 34.9 Å². The Labute approximate surface area is 194 Å². The molecule has 2 heteroatoms. The van der Waals surface area contributed by atoms with Gasteiger partial charge in [0.25, 0.3) is 0 Å². The van der Waals surface area contributed by atoms with Gasteiger partial charge in [-0.05, 0) is 18.4 Å². The first kappa shape index (κ1) is 25.9. The first-order chi connectivity index (χ1) is 15.3. The van der Waals surface area contributed by atoms with E-state index >= 15 is 0 Å². The maximum Gasteiger partial charge on any atom is 0.244 e. The molecule has 0 unspecified atom stereocenters. The maximum atomic E-state index is 2.60. The van der Waals surface area contributed by atoms with Crippen molar-refractivity contribution in [2.45, 2.75) is 123 Å². The van der Waals surface area contributed by atoms with E-state index < -0.39 is 0 Å². The topological polar surface area (TPSA) is 6.25 Å². The van der Waals surface area contributed by atoms with Gasteiger partial charge in [0.05, 0.1) is 6.54 Å². The molecule has 0 saturated heterocycles. The van der Waals surface area contributed by atoms with E-state index in [1.54, 1.807) is 0 Å². The highest BCUT2D eigenvalue weighted by atomic mass is 15.3. The van der Waals surface area contributed by atoms with Gasteiger partial charge in [-0.3, -0.25) is 9.48 Å². The third-order valence-electron chi connectivity index (χ3n) is 7.05. The van der Waals surface area contributed by atoms with Crippen LogP contribution < -0.4 is 0 Å². The molecule has 0 N–H and O–H groups in total. The van der Waals surface area contributed by atoms with Gasteiger partial charge in [0, 0.05) is 6.92 Å². The highest BCUT2D eigenvalue weighted by molar-refractivity contribution is 5.75. The normalized spacial score (nSPS) is 14.1. The van der Waals surface area contributed by atoms with Crippen molar-refractivity contribution in [1.82, 2.24) is 4.90 Å². The van der Waals surface area contributed by atoms with Crippen LogP contribution in [0.3, 0.4) is 0 Å². The summed E-state index contributed by atoms with van der Waals surface area (Å²) in [6.07, 6.45) is 23.1. The van der Waals surface area contributed by atoms with Gasteiger partial charge >= 0.3 is 0 Å². The standard InChI is InChI=1S/C29H51N2/c1-3-4-5-6-7-8-9-10-11-12-13-14-15-16-17-21-24-30-25-26-31(28(30)2)27-29-22-19-18-20-23-29/h18-20,22-23H,3-17,21,24-27H2,1-2H3/q+1. The number of hydrogen-bond donors (Lipinski definition) is 0. The van der Waals surface area contributed by atoms with E-state index in [2.05, 4.69) is 53.7 Å². The lowest BCUT2D eigenvalue weighted by Gasteiger charge is -2.11. The molecule has 0 spiro atoms. The molecule has 0 saturated carbocycles. The second-order valence-electron chi connectivity index (χ2n) is 9.74. The van der Waals surface area contributed by atoms with Gasteiger partial charge in [-0.1, -0.05) is 127 Å². The number of hydrogen-bond acceptors (Lipinski definition) is 1. The quantitative estimate of drug-likeness (QED) is 0.159. The van der Waals surface area contributed by atoms with E-state index in [1.807, 2.05) is 0 Å². The second kappa shape index (κ2) is 17.3. The van der Waals surface area contributed by atoms with Gasteiger partial charge in [-0.15, -0.1) is 0 Å². The summed E-state index contributed by atoms with van der Waals surface area (Å²) in [4.78, 5) is 2.60. The Kier molecular flexibility index (Phi) is 14.5. The Morgan fingerprint density at radius 3 is 1.68 bits per heavy atom. The fourth-order valence-corrected chi connectivity index (χ4v) is 4.89. The lowest BCUT2D eigenvalue weighted by Crippen LogP contribution is -2.28. The van der Waals surface area contributed by atoms with Crippen molar-refractivity contribution in [1.29, 1.82) is 0 Å². The summed E-state index contributed by atoms with van der Waals surface area (Å²) in [7, 11) is 0. The van der Waals surface area contributed by atoms with Crippen LogP contribution in [-0.2, 0) is 6.54 Å². The molecule has 1 aliphatic rings. The van der Waals surface area contributed by atoms with E-state index in [1.165, 1.54) is 134 Å². The lowest BCUT2D eigenvalue weighted by molar-refractivity contribution is -0.534. The Morgan fingerprint density at radius 1 is 0.677 bits per heavy atom. The summed E-state index contributed by atoms with van der Waals surface area (Å²) in [5.74, 6) is 1.48. The minimum absolute atomic E-state index is 1.06. The SMILES string of the molecule is CCCCCCCCCCCCCCCCCCN1CC[N+](Cc2ccccc2)=C1C. The fraction of sp³-hybridized carbons (Fsp3) is 0.759. The molecule has 1 heterocycles. The Hall–Kier alpha value is -1.31. The van der Waals surface area contributed by atoms with Crippen molar-refractivity contribution in [2.24, 2.45) is 0 Å². The van der Waals surface area contributed by atoms with Crippen LogP contribution in [0.1, 0.15) is 122 Å². The van der Waals surface area contributed by atoms with Crippen molar-refractivity contribution >= 4 is 5.84 Å². The first-order valence-corrected chi connectivity index (χ1v) is 13.7. The van der Waals surface area contributed by atoms with Crippen LogP contribution >= 0.6 is 0 Å². The number of unbranched alkanes of at least 4 members (excludes halogenated alkanes) is 15.